The number of carbonyl (C=O) groups excluding carboxylic acids is 1. The summed E-state index contributed by atoms with van der Waals surface area (Å²) in [6, 6.07) is 8.56. The normalized spacial score (nSPS) is 8.73. The lowest BCUT2D eigenvalue weighted by molar-refractivity contribution is 0.101. The molecule has 1 aromatic rings. The van der Waals surface area contributed by atoms with Crippen molar-refractivity contribution in [2.75, 3.05) is 0 Å². The van der Waals surface area contributed by atoms with Crippen molar-refractivity contribution in [1.82, 2.24) is 0 Å². The summed E-state index contributed by atoms with van der Waals surface area (Å²) >= 11 is 0. The lowest BCUT2D eigenvalue weighted by Crippen LogP contribution is -1.90. The van der Waals surface area contributed by atoms with Crippen molar-refractivity contribution in [2.45, 2.75) is 6.92 Å². The fraction of sp³-hybridized carbons (Fsp3) is 0.111. The highest BCUT2D eigenvalue weighted by molar-refractivity contribution is 5.94. The molecule has 2 heteroatoms. The predicted molar refractivity (Wildman–Crippen MR) is 41.2 cm³/mol. The number of hydrogen-bond donors (Lipinski definition) is 0. The average Bonchev–Trinajstić information content (AvgIpc) is 2.05. The van der Waals surface area contributed by atoms with Crippen LogP contribution in [0.2, 0.25) is 0 Å². The minimum absolute atomic E-state index is 0.0227. The first-order valence-corrected chi connectivity index (χ1v) is 3.25. The standard InChI is InChI=1S/C9H7NO/c1-7(11)9-4-2-8(6-10)3-5-9/h2-5H,1H3/i7-1. The third-order valence-corrected chi connectivity index (χ3v) is 1.42. The Morgan fingerprint density at radius 1 is 1.36 bits per heavy atom. The number of rotatable bonds is 1. The maximum absolute atomic E-state index is 10.8. The Labute approximate surface area is 65.1 Å². The Balaban J connectivity index is 3.03. The highest BCUT2D eigenvalue weighted by atomic mass is 16.1. The van der Waals surface area contributed by atoms with Crippen LogP contribution in [0.15, 0.2) is 24.3 Å². The third-order valence-electron chi connectivity index (χ3n) is 1.42. The smallest absolute Gasteiger partial charge is 0.159 e. The maximum atomic E-state index is 10.8. The molecule has 0 aliphatic heterocycles. The molecule has 0 aromatic heterocycles. The van der Waals surface area contributed by atoms with Crippen LogP contribution in [0.1, 0.15) is 22.8 Å². The zero-order valence-electron chi connectivity index (χ0n) is 6.16. The second-order valence-corrected chi connectivity index (χ2v) is 2.25. The molecule has 0 N–H and O–H groups in total. The average molecular weight is 144 g/mol. The highest BCUT2D eigenvalue weighted by Gasteiger charge is 1.96. The molecule has 1 rings (SSSR count). The summed E-state index contributed by atoms with van der Waals surface area (Å²) in [5, 5.41) is 8.43. The molecule has 54 valence electrons. The number of hydrogen-bond acceptors (Lipinski definition) is 2. The van der Waals surface area contributed by atoms with Gasteiger partial charge in [-0.05, 0) is 19.1 Å². The van der Waals surface area contributed by atoms with Crippen molar-refractivity contribution in [3.63, 3.8) is 0 Å². The molecule has 0 amide bonds. The highest BCUT2D eigenvalue weighted by Crippen LogP contribution is 2.03. The molecule has 0 heterocycles. The van der Waals surface area contributed by atoms with E-state index in [1.807, 2.05) is 6.07 Å². The van der Waals surface area contributed by atoms with E-state index in [-0.39, 0.29) is 5.78 Å². The van der Waals surface area contributed by atoms with Gasteiger partial charge in [-0.25, -0.2) is 0 Å². The Morgan fingerprint density at radius 2 is 1.91 bits per heavy atom. The van der Waals surface area contributed by atoms with Gasteiger partial charge in [0.25, 0.3) is 0 Å². The van der Waals surface area contributed by atoms with Crippen molar-refractivity contribution in [3.8, 4) is 6.07 Å². The van der Waals surface area contributed by atoms with E-state index < -0.39 is 0 Å². The molecule has 1 aromatic carbocycles. The molecule has 0 aliphatic rings. The quantitative estimate of drug-likeness (QED) is 0.563. The number of Topliss-reactive ketones (excluding diaryl/α,β-unsaturated/α-hetero) is 1. The first kappa shape index (κ1) is 7.49. The molecule has 0 aliphatic carbocycles. The summed E-state index contributed by atoms with van der Waals surface area (Å²) in [7, 11) is 0. The zero-order valence-corrected chi connectivity index (χ0v) is 6.16. The lowest BCUT2D eigenvalue weighted by atomic mass is 9.80. The molecule has 0 radical (unpaired) electrons. The van der Waals surface area contributed by atoms with Gasteiger partial charge in [-0.3, -0.25) is 4.79 Å². The largest absolute Gasteiger partial charge is 0.295 e. The molecule has 0 atom stereocenters. The Bertz CT molecular complexity index is 305. The predicted octanol–water partition coefficient (Wildman–Crippen LogP) is 1.76. The van der Waals surface area contributed by atoms with Gasteiger partial charge in [0.2, 0.25) is 0 Å². The molecule has 0 bridgehead atoms. The van der Waals surface area contributed by atoms with E-state index in [0.717, 1.165) is 0 Å². The van der Waals surface area contributed by atoms with Crippen LogP contribution in [-0.4, -0.2) is 5.78 Å². The van der Waals surface area contributed by atoms with Gasteiger partial charge in [-0.2, -0.15) is 5.26 Å². The monoisotopic (exact) mass is 144 g/mol. The lowest BCUT2D eigenvalue weighted by Gasteiger charge is -1.92. The fourth-order valence-corrected chi connectivity index (χ4v) is 0.779. The van der Waals surface area contributed by atoms with Crippen LogP contribution in [0, 0.1) is 11.3 Å². The van der Waals surface area contributed by atoms with Gasteiger partial charge in [0.15, 0.2) is 5.78 Å². The van der Waals surface area contributed by atoms with Gasteiger partial charge in [0.1, 0.15) is 0 Å². The summed E-state index contributed by atoms with van der Waals surface area (Å²) in [6.45, 7) is 1.50. The molecule has 0 spiro atoms. The molecule has 0 saturated carbocycles. The van der Waals surface area contributed by atoms with Crippen LogP contribution in [-0.2, 0) is 0 Å². The van der Waals surface area contributed by atoms with Crippen molar-refractivity contribution >= 4 is 5.78 Å². The summed E-state index contributed by atoms with van der Waals surface area (Å²) in [5.74, 6) is 0.0227. The summed E-state index contributed by atoms with van der Waals surface area (Å²) < 4.78 is 0. The van der Waals surface area contributed by atoms with Crippen LogP contribution in [0.3, 0.4) is 0 Å². The maximum Gasteiger partial charge on any atom is 0.159 e. The number of nitrogens with zero attached hydrogens (tertiary/aromatic N) is 1. The minimum Gasteiger partial charge on any atom is -0.295 e. The topological polar surface area (TPSA) is 40.9 Å². The number of ketones is 1. The minimum atomic E-state index is 0.0227. The van der Waals surface area contributed by atoms with Gasteiger partial charge in [0.05, 0.1) is 11.6 Å². The molecular formula is C9H7NO. The number of nitriles is 1. The molecule has 0 saturated heterocycles. The first-order chi connectivity index (χ1) is 5.24. The Morgan fingerprint density at radius 3 is 2.27 bits per heavy atom. The summed E-state index contributed by atoms with van der Waals surface area (Å²) in [6.07, 6.45) is 0. The van der Waals surface area contributed by atoms with E-state index in [9.17, 15) is 4.79 Å². The van der Waals surface area contributed by atoms with Gasteiger partial charge in [-0.15, -0.1) is 0 Å². The summed E-state index contributed by atoms with van der Waals surface area (Å²) in [5.41, 5.74) is 1.22. The van der Waals surface area contributed by atoms with Gasteiger partial charge in [-0.1, -0.05) is 12.1 Å². The molecule has 2 nitrogen and oxygen atoms in total. The molecule has 0 unspecified atom stereocenters. The van der Waals surface area contributed by atoms with Crippen molar-refractivity contribution < 1.29 is 4.79 Å². The zero-order chi connectivity index (χ0) is 8.27. The Kier molecular flexibility index (Phi) is 2.03. The van der Waals surface area contributed by atoms with E-state index >= 15 is 0 Å². The van der Waals surface area contributed by atoms with Crippen LogP contribution >= 0.6 is 0 Å². The Hall–Kier alpha value is -1.62. The number of carbonyl (C=O) groups is 1. The van der Waals surface area contributed by atoms with Crippen molar-refractivity contribution in [1.29, 1.82) is 5.26 Å². The SMILES string of the molecule is C[11C](=O)c1ccc(C#N)cc1. The van der Waals surface area contributed by atoms with Gasteiger partial charge in [0, 0.05) is 5.56 Å². The molecule has 11 heavy (non-hydrogen) atoms. The molecule has 0 fully saturated rings. The van der Waals surface area contributed by atoms with E-state index in [1.54, 1.807) is 24.3 Å². The summed E-state index contributed by atoms with van der Waals surface area (Å²) in [4.78, 5) is 10.8. The first-order valence-electron chi connectivity index (χ1n) is 3.25. The van der Waals surface area contributed by atoms with Crippen LogP contribution in [0.4, 0.5) is 0 Å². The molecular weight excluding hydrogens is 137 g/mol. The fourth-order valence-electron chi connectivity index (χ4n) is 0.779. The second-order valence-electron chi connectivity index (χ2n) is 2.25. The van der Waals surface area contributed by atoms with E-state index in [4.69, 9.17) is 5.26 Å². The van der Waals surface area contributed by atoms with Crippen LogP contribution in [0.5, 0.6) is 0 Å². The van der Waals surface area contributed by atoms with Gasteiger partial charge >= 0.3 is 0 Å². The van der Waals surface area contributed by atoms with Crippen molar-refractivity contribution in [2.24, 2.45) is 0 Å². The second kappa shape index (κ2) is 2.98. The van der Waals surface area contributed by atoms with Crippen LogP contribution in [0.25, 0.3) is 0 Å². The van der Waals surface area contributed by atoms with E-state index in [2.05, 4.69) is 0 Å². The third kappa shape index (κ3) is 1.65. The van der Waals surface area contributed by atoms with E-state index in [1.165, 1.54) is 6.92 Å². The van der Waals surface area contributed by atoms with E-state index in [0.29, 0.717) is 11.1 Å². The number of benzene rings is 1. The van der Waals surface area contributed by atoms with Crippen LogP contribution < -0.4 is 0 Å². The van der Waals surface area contributed by atoms with Gasteiger partial charge < -0.3 is 0 Å². The van der Waals surface area contributed by atoms with Crippen molar-refractivity contribution in [3.05, 3.63) is 35.4 Å².